The van der Waals surface area contributed by atoms with Crippen LogP contribution >= 0.6 is 0 Å². The first-order valence-corrected chi connectivity index (χ1v) is 9.88. The van der Waals surface area contributed by atoms with Gasteiger partial charge in [0.2, 0.25) is 5.88 Å². The average molecular weight is 353 g/mol. The molecule has 1 aromatic rings. The van der Waals surface area contributed by atoms with Gasteiger partial charge in [0, 0.05) is 41.0 Å². The number of rotatable bonds is 6. The van der Waals surface area contributed by atoms with Crippen LogP contribution < -0.4 is 15.4 Å². The minimum atomic E-state index is -0.712. The Balaban J connectivity index is 1.86. The molecule has 2 rings (SSSR count). The van der Waals surface area contributed by atoms with E-state index in [1.165, 1.54) is 0 Å². The Morgan fingerprint density at radius 3 is 3.00 bits per heavy atom. The summed E-state index contributed by atoms with van der Waals surface area (Å²) in [5.41, 5.74) is 0.894. The van der Waals surface area contributed by atoms with Crippen molar-refractivity contribution in [2.75, 3.05) is 19.9 Å². The Labute approximate surface area is 147 Å². The molecule has 2 N–H and O–H groups in total. The van der Waals surface area contributed by atoms with Crippen molar-refractivity contribution in [3.05, 3.63) is 23.9 Å². The smallest absolute Gasteiger partial charge is 0.213 e. The summed E-state index contributed by atoms with van der Waals surface area (Å²) in [6, 6.07) is 6.02. The molecule has 0 saturated heterocycles. The zero-order valence-corrected chi connectivity index (χ0v) is 15.6. The van der Waals surface area contributed by atoms with Gasteiger partial charge in [-0.05, 0) is 25.3 Å². The summed E-state index contributed by atoms with van der Waals surface area (Å²) in [5.74, 6) is 2.10. The minimum Gasteiger partial charge on any atom is -0.481 e. The van der Waals surface area contributed by atoms with Crippen molar-refractivity contribution in [2.24, 2.45) is 4.99 Å². The number of methoxy groups -OCH3 is 1. The van der Waals surface area contributed by atoms with Gasteiger partial charge in [-0.2, -0.15) is 0 Å². The van der Waals surface area contributed by atoms with E-state index in [-0.39, 0.29) is 0 Å². The third-order valence-electron chi connectivity index (χ3n) is 4.27. The van der Waals surface area contributed by atoms with Crippen LogP contribution in [0.1, 0.15) is 38.3 Å². The molecular weight excluding hydrogens is 324 g/mol. The number of guanidine groups is 1. The van der Waals surface area contributed by atoms with Crippen LogP contribution in [0.15, 0.2) is 23.2 Å². The molecule has 0 bridgehead atoms. The molecule has 1 aliphatic rings. The highest BCUT2D eigenvalue weighted by atomic mass is 32.2. The lowest BCUT2D eigenvalue weighted by molar-refractivity contribution is 0.396. The number of nitrogens with zero attached hydrogens (tertiary/aromatic N) is 2. The summed E-state index contributed by atoms with van der Waals surface area (Å²) in [6.07, 6.45) is 4.22. The number of hydrogen-bond acceptors (Lipinski definition) is 4. The van der Waals surface area contributed by atoms with Gasteiger partial charge in [0.05, 0.1) is 19.3 Å². The van der Waals surface area contributed by atoms with Gasteiger partial charge in [-0.3, -0.25) is 9.20 Å². The number of aromatic nitrogens is 1. The van der Waals surface area contributed by atoms with Crippen molar-refractivity contribution >= 4 is 16.8 Å². The number of ether oxygens (including phenoxy) is 1. The van der Waals surface area contributed by atoms with Crippen LogP contribution in [0.2, 0.25) is 0 Å². The quantitative estimate of drug-likeness (QED) is 0.603. The van der Waals surface area contributed by atoms with Crippen LogP contribution in [-0.2, 0) is 17.3 Å². The number of nitrogens with one attached hydrogen (secondary N) is 2. The SMILES string of the molecule is CCS(=O)C1CCCC(NC(=NC)NCc2cccc(OC)n2)C1. The minimum absolute atomic E-state index is 0.305. The molecule has 0 aliphatic heterocycles. The molecule has 1 saturated carbocycles. The molecule has 6 nitrogen and oxygen atoms in total. The lowest BCUT2D eigenvalue weighted by Gasteiger charge is -2.30. The average Bonchev–Trinajstić information content (AvgIpc) is 2.64. The van der Waals surface area contributed by atoms with Gasteiger partial charge in [0.15, 0.2) is 5.96 Å². The second-order valence-corrected chi connectivity index (χ2v) is 7.90. The van der Waals surface area contributed by atoms with Crippen LogP contribution in [0.25, 0.3) is 0 Å². The molecule has 0 aromatic carbocycles. The number of pyridine rings is 1. The van der Waals surface area contributed by atoms with Crippen LogP contribution in [0.5, 0.6) is 5.88 Å². The Morgan fingerprint density at radius 1 is 1.46 bits per heavy atom. The maximum Gasteiger partial charge on any atom is 0.213 e. The molecule has 0 amide bonds. The monoisotopic (exact) mass is 352 g/mol. The molecule has 134 valence electrons. The highest BCUT2D eigenvalue weighted by molar-refractivity contribution is 7.85. The molecule has 1 heterocycles. The van der Waals surface area contributed by atoms with E-state index in [4.69, 9.17) is 4.74 Å². The Kier molecular flexibility index (Phi) is 7.49. The molecular formula is C17H28N4O2S. The van der Waals surface area contributed by atoms with E-state index >= 15 is 0 Å². The fraction of sp³-hybridized carbons (Fsp3) is 0.647. The fourth-order valence-electron chi connectivity index (χ4n) is 2.98. The van der Waals surface area contributed by atoms with Crippen LogP contribution in [-0.4, -0.2) is 46.4 Å². The van der Waals surface area contributed by atoms with Crippen LogP contribution in [0, 0.1) is 0 Å². The maximum absolute atomic E-state index is 12.1. The van der Waals surface area contributed by atoms with Crippen molar-refractivity contribution < 1.29 is 8.95 Å². The van der Waals surface area contributed by atoms with Crippen molar-refractivity contribution in [1.29, 1.82) is 0 Å². The number of hydrogen-bond donors (Lipinski definition) is 2. The van der Waals surface area contributed by atoms with Gasteiger partial charge in [-0.25, -0.2) is 4.98 Å². The summed E-state index contributed by atoms with van der Waals surface area (Å²) in [7, 11) is 2.66. The van der Waals surface area contributed by atoms with Crippen molar-refractivity contribution in [3.8, 4) is 5.88 Å². The molecule has 3 unspecified atom stereocenters. The first-order valence-electron chi connectivity index (χ1n) is 8.50. The Morgan fingerprint density at radius 2 is 2.29 bits per heavy atom. The maximum atomic E-state index is 12.1. The predicted octanol–water partition coefficient (Wildman–Crippen LogP) is 1.83. The van der Waals surface area contributed by atoms with Gasteiger partial charge in [0.1, 0.15) is 0 Å². The molecule has 1 fully saturated rings. The van der Waals surface area contributed by atoms with Crippen molar-refractivity contribution in [3.63, 3.8) is 0 Å². The van der Waals surface area contributed by atoms with Gasteiger partial charge in [0.25, 0.3) is 0 Å². The third kappa shape index (κ3) is 5.47. The van der Waals surface area contributed by atoms with Gasteiger partial charge in [-0.1, -0.05) is 19.4 Å². The Hall–Kier alpha value is -1.63. The van der Waals surface area contributed by atoms with Crippen molar-refractivity contribution in [2.45, 2.75) is 50.4 Å². The molecule has 1 aromatic heterocycles. The van der Waals surface area contributed by atoms with E-state index in [0.29, 0.717) is 23.7 Å². The molecule has 0 radical (unpaired) electrons. The molecule has 7 heteroatoms. The van der Waals surface area contributed by atoms with Gasteiger partial charge in [-0.15, -0.1) is 0 Å². The van der Waals surface area contributed by atoms with Crippen LogP contribution in [0.3, 0.4) is 0 Å². The van der Waals surface area contributed by atoms with E-state index in [2.05, 4.69) is 20.6 Å². The zero-order valence-electron chi connectivity index (χ0n) is 14.7. The second-order valence-electron chi connectivity index (χ2n) is 5.90. The largest absolute Gasteiger partial charge is 0.481 e. The topological polar surface area (TPSA) is 75.6 Å². The lowest BCUT2D eigenvalue weighted by atomic mass is 9.95. The van der Waals surface area contributed by atoms with E-state index in [1.54, 1.807) is 14.2 Å². The summed E-state index contributed by atoms with van der Waals surface area (Å²) in [4.78, 5) is 8.67. The normalized spacial score (nSPS) is 22.7. The van der Waals surface area contributed by atoms with E-state index in [9.17, 15) is 4.21 Å². The molecule has 3 atom stereocenters. The number of aliphatic imine (C=N–C) groups is 1. The van der Waals surface area contributed by atoms with Gasteiger partial charge >= 0.3 is 0 Å². The van der Waals surface area contributed by atoms with E-state index < -0.39 is 10.8 Å². The lowest BCUT2D eigenvalue weighted by Crippen LogP contribution is -2.46. The predicted molar refractivity (Wildman–Crippen MR) is 98.9 cm³/mol. The first kappa shape index (κ1) is 18.7. The fourth-order valence-corrected chi connectivity index (χ4v) is 4.33. The molecule has 1 aliphatic carbocycles. The van der Waals surface area contributed by atoms with Crippen molar-refractivity contribution in [1.82, 2.24) is 15.6 Å². The van der Waals surface area contributed by atoms with Crippen LogP contribution in [0.4, 0.5) is 0 Å². The standard InChI is InChI=1S/C17H28N4O2S/c1-4-24(22)15-9-5-7-13(11-15)21-17(18-2)19-12-14-8-6-10-16(20-14)23-3/h6,8,10,13,15H,4-5,7,9,11-12H2,1-3H3,(H2,18,19,21). The highest BCUT2D eigenvalue weighted by Gasteiger charge is 2.25. The summed E-state index contributed by atoms with van der Waals surface area (Å²) in [6.45, 7) is 2.57. The first-order chi connectivity index (χ1) is 11.7. The Bertz CT molecular complexity index is 579. The van der Waals surface area contributed by atoms with Gasteiger partial charge < -0.3 is 15.4 Å². The second kappa shape index (κ2) is 9.61. The summed E-state index contributed by atoms with van der Waals surface area (Å²) >= 11 is 0. The third-order valence-corrected chi connectivity index (χ3v) is 6.01. The van der Waals surface area contributed by atoms with E-state index in [1.807, 2.05) is 25.1 Å². The summed E-state index contributed by atoms with van der Waals surface area (Å²) in [5, 5.41) is 7.05. The highest BCUT2D eigenvalue weighted by Crippen LogP contribution is 2.23. The molecule has 0 spiro atoms. The summed E-state index contributed by atoms with van der Waals surface area (Å²) < 4.78 is 17.2. The zero-order chi connectivity index (χ0) is 17.4. The van der Waals surface area contributed by atoms with E-state index in [0.717, 1.165) is 43.1 Å². The molecule has 24 heavy (non-hydrogen) atoms.